The fourth-order valence-corrected chi connectivity index (χ4v) is 1.99. The van der Waals surface area contributed by atoms with E-state index in [1.54, 1.807) is 0 Å². The molecule has 1 unspecified atom stereocenters. The zero-order chi connectivity index (χ0) is 14.6. The van der Waals surface area contributed by atoms with Gasteiger partial charge in [0.15, 0.2) is 0 Å². The molecule has 1 rings (SSSR count). The Kier molecular flexibility index (Phi) is 4.79. The van der Waals surface area contributed by atoms with Gasteiger partial charge in [-0.2, -0.15) is 0 Å². The number of carboxylic acids is 1. The number of rotatable bonds is 5. The van der Waals surface area contributed by atoms with Crippen LogP contribution < -0.4 is 11.1 Å². The van der Waals surface area contributed by atoms with Crippen molar-refractivity contribution < 1.29 is 28.3 Å². The van der Waals surface area contributed by atoms with Crippen LogP contribution >= 0.6 is 0 Å². The van der Waals surface area contributed by atoms with Crippen molar-refractivity contribution in [1.82, 2.24) is 5.32 Å². The molecule has 0 heterocycles. The van der Waals surface area contributed by atoms with E-state index in [-0.39, 0.29) is 12.8 Å². The highest BCUT2D eigenvalue weighted by atomic mass is 19.3. The Labute approximate surface area is 108 Å². The molecule has 0 aromatic carbocycles. The van der Waals surface area contributed by atoms with E-state index in [9.17, 15) is 23.2 Å². The monoisotopic (exact) mass is 278 g/mol. The molecule has 0 aromatic rings. The lowest BCUT2D eigenvalue weighted by Crippen LogP contribution is -2.46. The number of carbonyl (C=O) groups is 3. The van der Waals surface area contributed by atoms with E-state index in [2.05, 4.69) is 5.32 Å². The van der Waals surface area contributed by atoms with Gasteiger partial charge in [0.2, 0.25) is 17.7 Å². The Bertz CT molecular complexity index is 377. The van der Waals surface area contributed by atoms with Gasteiger partial charge in [-0.15, -0.1) is 0 Å². The van der Waals surface area contributed by atoms with Gasteiger partial charge in [0.1, 0.15) is 6.04 Å². The summed E-state index contributed by atoms with van der Waals surface area (Å²) in [5.74, 6) is -6.26. The van der Waals surface area contributed by atoms with Gasteiger partial charge >= 0.3 is 5.97 Å². The van der Waals surface area contributed by atoms with Gasteiger partial charge in [0, 0.05) is 18.8 Å². The second kappa shape index (κ2) is 5.94. The summed E-state index contributed by atoms with van der Waals surface area (Å²) in [7, 11) is 0. The molecular formula is C11H16F2N2O4. The molecule has 0 saturated heterocycles. The standard InChI is InChI=1S/C11H16F2N2O4/c12-11(13)3-1-6(2-4-11)9(17)15-7(10(18)19)5-8(14)16/h6-7H,1-5H2,(H2,14,16)(H,15,17)(H,18,19). The number of carbonyl (C=O) groups excluding carboxylic acids is 2. The quantitative estimate of drug-likeness (QED) is 0.669. The van der Waals surface area contributed by atoms with Gasteiger partial charge in [-0.3, -0.25) is 9.59 Å². The van der Waals surface area contributed by atoms with Crippen molar-refractivity contribution in [2.75, 3.05) is 0 Å². The molecule has 0 aromatic heterocycles. The van der Waals surface area contributed by atoms with Crippen LogP contribution in [0.1, 0.15) is 32.1 Å². The minimum absolute atomic E-state index is 0.00173. The second-order valence-electron chi connectivity index (χ2n) is 4.70. The molecule has 1 aliphatic rings. The van der Waals surface area contributed by atoms with Crippen LogP contribution in [0.5, 0.6) is 0 Å². The first-order valence-corrected chi connectivity index (χ1v) is 5.90. The van der Waals surface area contributed by atoms with Gasteiger partial charge in [-0.1, -0.05) is 0 Å². The number of amides is 2. The molecule has 6 nitrogen and oxygen atoms in total. The highest BCUT2D eigenvalue weighted by molar-refractivity contribution is 5.88. The van der Waals surface area contributed by atoms with Gasteiger partial charge < -0.3 is 16.2 Å². The van der Waals surface area contributed by atoms with E-state index in [0.29, 0.717) is 0 Å². The van der Waals surface area contributed by atoms with Crippen LogP contribution in [0.15, 0.2) is 0 Å². The summed E-state index contributed by atoms with van der Waals surface area (Å²) in [6, 6.07) is -1.41. The number of alkyl halides is 2. The summed E-state index contributed by atoms with van der Waals surface area (Å²) in [5.41, 5.74) is 4.87. The van der Waals surface area contributed by atoms with E-state index in [1.807, 2.05) is 0 Å². The third-order valence-electron chi connectivity index (χ3n) is 3.11. The van der Waals surface area contributed by atoms with Crippen molar-refractivity contribution in [3.63, 3.8) is 0 Å². The van der Waals surface area contributed by atoms with Gasteiger partial charge in [-0.05, 0) is 12.8 Å². The van der Waals surface area contributed by atoms with E-state index in [4.69, 9.17) is 10.8 Å². The molecule has 1 aliphatic carbocycles. The van der Waals surface area contributed by atoms with Crippen LogP contribution in [0, 0.1) is 5.92 Å². The molecule has 1 saturated carbocycles. The predicted octanol–water partition coefficient (Wildman–Crippen LogP) is 0.257. The Hall–Kier alpha value is -1.73. The van der Waals surface area contributed by atoms with Crippen molar-refractivity contribution in [3.05, 3.63) is 0 Å². The zero-order valence-electron chi connectivity index (χ0n) is 10.2. The SMILES string of the molecule is NC(=O)CC(NC(=O)C1CCC(F)(F)CC1)C(=O)O. The molecule has 108 valence electrons. The number of aliphatic carboxylic acids is 1. The summed E-state index contributed by atoms with van der Waals surface area (Å²) in [6.07, 6.45) is -1.30. The van der Waals surface area contributed by atoms with Crippen molar-refractivity contribution in [2.45, 2.75) is 44.1 Å². The molecule has 2 amide bonds. The number of primary amides is 1. The van der Waals surface area contributed by atoms with Crippen LogP contribution in [-0.4, -0.2) is 34.9 Å². The molecule has 0 aliphatic heterocycles. The lowest BCUT2D eigenvalue weighted by atomic mass is 9.86. The van der Waals surface area contributed by atoms with E-state index in [0.717, 1.165) is 0 Å². The maximum absolute atomic E-state index is 12.9. The fraction of sp³-hybridized carbons (Fsp3) is 0.727. The minimum Gasteiger partial charge on any atom is -0.480 e. The minimum atomic E-state index is -2.75. The Morgan fingerprint density at radius 1 is 1.32 bits per heavy atom. The first-order valence-electron chi connectivity index (χ1n) is 5.90. The third-order valence-corrected chi connectivity index (χ3v) is 3.11. The van der Waals surface area contributed by atoms with Gasteiger partial charge in [0.05, 0.1) is 6.42 Å². The summed E-state index contributed by atoms with van der Waals surface area (Å²) < 4.78 is 25.8. The number of hydrogen-bond donors (Lipinski definition) is 3. The maximum Gasteiger partial charge on any atom is 0.326 e. The molecule has 4 N–H and O–H groups in total. The summed E-state index contributed by atoms with van der Waals surface area (Å²) in [4.78, 5) is 33.2. The summed E-state index contributed by atoms with van der Waals surface area (Å²) >= 11 is 0. The third kappa shape index (κ3) is 4.80. The van der Waals surface area contributed by atoms with Gasteiger partial charge in [0.25, 0.3) is 0 Å². The maximum atomic E-state index is 12.9. The van der Waals surface area contributed by atoms with Crippen LogP contribution in [-0.2, 0) is 14.4 Å². The first kappa shape index (κ1) is 15.3. The largest absolute Gasteiger partial charge is 0.480 e. The average Bonchev–Trinajstić information content (AvgIpc) is 2.27. The Balaban J connectivity index is 2.53. The van der Waals surface area contributed by atoms with Crippen LogP contribution in [0.2, 0.25) is 0 Å². The normalized spacial score (nSPS) is 20.5. The van der Waals surface area contributed by atoms with Crippen LogP contribution in [0.3, 0.4) is 0 Å². The molecule has 0 bridgehead atoms. The fourth-order valence-electron chi connectivity index (χ4n) is 1.99. The molecule has 1 atom stereocenters. The van der Waals surface area contributed by atoms with Crippen LogP contribution in [0.25, 0.3) is 0 Å². The molecule has 0 spiro atoms. The number of halogens is 2. The lowest BCUT2D eigenvalue weighted by Gasteiger charge is -2.28. The van der Waals surface area contributed by atoms with E-state index >= 15 is 0 Å². The van der Waals surface area contributed by atoms with Crippen molar-refractivity contribution in [2.24, 2.45) is 11.7 Å². The zero-order valence-corrected chi connectivity index (χ0v) is 10.2. The number of nitrogens with two attached hydrogens (primary N) is 1. The lowest BCUT2D eigenvalue weighted by molar-refractivity contribution is -0.144. The predicted molar refractivity (Wildman–Crippen MR) is 60.3 cm³/mol. The highest BCUT2D eigenvalue weighted by Crippen LogP contribution is 2.36. The Morgan fingerprint density at radius 3 is 2.26 bits per heavy atom. The molecule has 0 radical (unpaired) electrons. The van der Waals surface area contributed by atoms with Crippen molar-refractivity contribution in [3.8, 4) is 0 Å². The topological polar surface area (TPSA) is 109 Å². The molecule has 8 heteroatoms. The van der Waals surface area contributed by atoms with Crippen molar-refractivity contribution >= 4 is 17.8 Å². The highest BCUT2D eigenvalue weighted by Gasteiger charge is 2.38. The smallest absolute Gasteiger partial charge is 0.326 e. The van der Waals surface area contributed by atoms with Crippen molar-refractivity contribution in [1.29, 1.82) is 0 Å². The summed E-state index contributed by atoms with van der Waals surface area (Å²) in [5, 5.41) is 11.0. The first-order chi connectivity index (χ1) is 8.71. The number of nitrogens with one attached hydrogen (secondary N) is 1. The number of carboxylic acid groups (broad SMARTS) is 1. The van der Waals surface area contributed by atoms with E-state index < -0.39 is 54.9 Å². The number of hydrogen-bond acceptors (Lipinski definition) is 3. The average molecular weight is 278 g/mol. The molecule has 19 heavy (non-hydrogen) atoms. The Morgan fingerprint density at radius 2 is 1.84 bits per heavy atom. The summed E-state index contributed by atoms with van der Waals surface area (Å²) in [6.45, 7) is 0. The van der Waals surface area contributed by atoms with Gasteiger partial charge in [-0.25, -0.2) is 13.6 Å². The van der Waals surface area contributed by atoms with Crippen LogP contribution in [0.4, 0.5) is 8.78 Å². The van der Waals surface area contributed by atoms with E-state index in [1.165, 1.54) is 0 Å². The molecule has 1 fully saturated rings. The molecular weight excluding hydrogens is 262 g/mol. The second-order valence-corrected chi connectivity index (χ2v) is 4.70.